The summed E-state index contributed by atoms with van der Waals surface area (Å²) < 4.78 is 4.53. The molecule has 9 heteroatoms. The maximum atomic E-state index is 12.6. The number of nitrogens with one attached hydrogen (secondary N) is 3. The van der Waals surface area contributed by atoms with Crippen LogP contribution in [0.3, 0.4) is 0 Å². The first kappa shape index (κ1) is 42.5. The van der Waals surface area contributed by atoms with Gasteiger partial charge in [-0.3, -0.25) is 14.5 Å². The van der Waals surface area contributed by atoms with E-state index in [1.807, 2.05) is 6.92 Å². The third-order valence-electron chi connectivity index (χ3n) is 7.53. The Morgan fingerprint density at radius 1 is 0.812 bits per heavy atom. The Morgan fingerprint density at radius 2 is 1.38 bits per heavy atom. The van der Waals surface area contributed by atoms with Crippen LogP contribution in [0, 0.1) is 0 Å². The van der Waals surface area contributed by atoms with Crippen LogP contribution in [0.5, 0.6) is 0 Å². The molecule has 2 amide bonds. The molecule has 0 spiro atoms. The molecule has 1 rings (SSSR count). The molecule has 0 radical (unpaired) electrons. The van der Waals surface area contributed by atoms with E-state index in [1.165, 1.54) is 13.2 Å². The van der Waals surface area contributed by atoms with Gasteiger partial charge in [-0.05, 0) is 71.4 Å². The number of rotatable bonds is 26. The first-order chi connectivity index (χ1) is 23.4. The van der Waals surface area contributed by atoms with Gasteiger partial charge in [-0.25, -0.2) is 4.79 Å². The van der Waals surface area contributed by atoms with Gasteiger partial charge in [0.2, 0.25) is 11.8 Å². The number of amides is 2. The molecule has 1 atom stereocenters. The van der Waals surface area contributed by atoms with E-state index in [0.717, 1.165) is 90.3 Å². The molecular weight excluding hydrogens is 602 g/mol. The quantitative estimate of drug-likeness (QED) is 0.0645. The molecule has 1 fully saturated rings. The minimum absolute atomic E-state index is 0.0168. The van der Waals surface area contributed by atoms with Gasteiger partial charge in [-0.1, -0.05) is 79.8 Å². The summed E-state index contributed by atoms with van der Waals surface area (Å²) in [4.78, 5) is 40.6. The minimum Gasteiger partial charge on any atom is -0.466 e. The lowest BCUT2D eigenvalue weighted by atomic mass is 10.2. The van der Waals surface area contributed by atoms with Gasteiger partial charge in [0, 0.05) is 70.4 Å². The van der Waals surface area contributed by atoms with E-state index in [1.54, 1.807) is 0 Å². The molecule has 0 aromatic rings. The molecule has 0 aliphatic carbocycles. The highest BCUT2D eigenvalue weighted by Crippen LogP contribution is 2.02. The van der Waals surface area contributed by atoms with Crippen molar-refractivity contribution < 1.29 is 19.1 Å². The number of hydrogen-bond donors (Lipinski definition) is 3. The lowest BCUT2D eigenvalue weighted by Gasteiger charge is -2.30. The summed E-state index contributed by atoms with van der Waals surface area (Å²) in [5.74, 6) is -0.856. The van der Waals surface area contributed by atoms with Crippen molar-refractivity contribution in [2.75, 3.05) is 66.0 Å². The molecule has 1 heterocycles. The van der Waals surface area contributed by atoms with Gasteiger partial charge in [0.1, 0.15) is 0 Å². The van der Waals surface area contributed by atoms with Crippen molar-refractivity contribution in [2.24, 2.45) is 0 Å². The van der Waals surface area contributed by atoms with Gasteiger partial charge in [0.05, 0.1) is 7.11 Å². The number of esters is 1. The Balaban J connectivity index is 2.29. The second-order valence-corrected chi connectivity index (χ2v) is 11.8. The van der Waals surface area contributed by atoms with Gasteiger partial charge in [0.25, 0.3) is 0 Å². The summed E-state index contributed by atoms with van der Waals surface area (Å²) in [5.41, 5.74) is 0. The largest absolute Gasteiger partial charge is 0.466 e. The summed E-state index contributed by atoms with van der Waals surface area (Å²) in [6, 6.07) is -0.0168. The predicted octanol–water partition coefficient (Wildman–Crippen LogP) is 5.41. The zero-order valence-corrected chi connectivity index (χ0v) is 29.9. The minimum atomic E-state index is -0.565. The smallest absolute Gasteiger partial charge is 0.330 e. The number of carbonyl (C=O) groups excluding carboxylic acids is 3. The molecule has 0 aromatic carbocycles. The Hall–Kier alpha value is -3.53. The number of methoxy groups -OCH3 is 1. The molecule has 3 N–H and O–H groups in total. The topological polar surface area (TPSA) is 103 Å². The maximum absolute atomic E-state index is 12.6. The zero-order chi connectivity index (χ0) is 34.9. The molecule has 268 valence electrons. The third-order valence-corrected chi connectivity index (χ3v) is 7.53. The number of hydrogen-bond acceptors (Lipinski definition) is 7. The SMILES string of the molecule is CC/C=C\C/C=C\C/C=C\C/C=C\C/C=C\C/C=C\CCC(=O)NC(C)CN(CCCN1CCNCC1)CCNC(=O)/C=C/C(=O)OC. The molecule has 0 aromatic heterocycles. The average Bonchev–Trinajstić information content (AvgIpc) is 3.08. The normalized spacial score (nSPS) is 15.4. The first-order valence-corrected chi connectivity index (χ1v) is 17.8. The lowest BCUT2D eigenvalue weighted by Crippen LogP contribution is -2.46. The van der Waals surface area contributed by atoms with Crippen LogP contribution >= 0.6 is 0 Å². The Morgan fingerprint density at radius 3 is 1.94 bits per heavy atom. The number of piperazine rings is 1. The number of ether oxygens (including phenoxy) is 1. The van der Waals surface area contributed by atoms with E-state index in [9.17, 15) is 14.4 Å². The number of allylic oxidation sites excluding steroid dienone is 12. The second kappa shape index (κ2) is 30.8. The maximum Gasteiger partial charge on any atom is 0.330 e. The summed E-state index contributed by atoms with van der Waals surface area (Å²) in [6.07, 6.45) is 36.4. The van der Waals surface area contributed by atoms with E-state index in [-0.39, 0.29) is 17.9 Å². The lowest BCUT2D eigenvalue weighted by molar-refractivity contribution is -0.135. The van der Waals surface area contributed by atoms with Crippen molar-refractivity contribution in [1.29, 1.82) is 0 Å². The fraction of sp³-hybridized carbons (Fsp3) is 0.564. The molecular formula is C39H63N5O4. The molecule has 0 saturated carbocycles. The van der Waals surface area contributed by atoms with Crippen molar-refractivity contribution >= 4 is 17.8 Å². The van der Waals surface area contributed by atoms with Crippen molar-refractivity contribution in [3.05, 3.63) is 85.1 Å². The number of carbonyl (C=O) groups is 3. The fourth-order valence-corrected chi connectivity index (χ4v) is 4.99. The van der Waals surface area contributed by atoms with E-state index < -0.39 is 5.97 Å². The summed E-state index contributed by atoms with van der Waals surface area (Å²) in [7, 11) is 1.27. The second-order valence-electron chi connectivity index (χ2n) is 11.8. The van der Waals surface area contributed by atoms with Gasteiger partial charge in [-0.2, -0.15) is 0 Å². The Bertz CT molecular complexity index is 1070. The summed E-state index contributed by atoms with van der Waals surface area (Å²) in [5, 5.41) is 9.34. The Labute approximate surface area is 291 Å². The summed E-state index contributed by atoms with van der Waals surface area (Å²) in [6.45, 7) is 12.0. The third kappa shape index (κ3) is 26.5. The highest BCUT2D eigenvalue weighted by molar-refractivity contribution is 5.94. The van der Waals surface area contributed by atoms with Crippen molar-refractivity contribution in [2.45, 2.75) is 77.7 Å². The standard InChI is InChI=1S/C39H63N5O4/c1-4-5-6-7-8-9-10-11-12-13-14-15-16-17-18-19-20-21-22-24-38(46)42-36(2)35-44(31-23-30-43-32-27-40-28-33-43)34-29-41-37(45)25-26-39(47)48-3/h5-6,8-9,11-12,14-15,17-18,20-21,25-26,36,40H,4,7,10,13,16,19,22-24,27-35H2,1-3H3,(H,41,45)(H,42,46)/b6-5-,9-8-,12-11-,15-14-,18-17-,21-20-,26-25+. The van der Waals surface area contributed by atoms with E-state index in [2.05, 4.69) is 110 Å². The molecule has 0 bridgehead atoms. The van der Waals surface area contributed by atoms with Crippen LogP contribution in [0.2, 0.25) is 0 Å². The van der Waals surface area contributed by atoms with Crippen LogP contribution in [-0.2, 0) is 19.1 Å². The monoisotopic (exact) mass is 665 g/mol. The molecule has 48 heavy (non-hydrogen) atoms. The van der Waals surface area contributed by atoms with Crippen molar-refractivity contribution in [3.8, 4) is 0 Å². The van der Waals surface area contributed by atoms with Gasteiger partial charge < -0.3 is 25.6 Å². The van der Waals surface area contributed by atoms with E-state index in [4.69, 9.17) is 0 Å². The van der Waals surface area contributed by atoms with Crippen molar-refractivity contribution in [3.63, 3.8) is 0 Å². The van der Waals surface area contributed by atoms with Gasteiger partial charge in [0.15, 0.2) is 0 Å². The van der Waals surface area contributed by atoms with Gasteiger partial charge in [-0.15, -0.1) is 0 Å². The van der Waals surface area contributed by atoms with Crippen LogP contribution in [0.25, 0.3) is 0 Å². The van der Waals surface area contributed by atoms with Crippen LogP contribution in [0.15, 0.2) is 85.1 Å². The first-order valence-electron chi connectivity index (χ1n) is 17.8. The van der Waals surface area contributed by atoms with Crippen molar-refractivity contribution in [1.82, 2.24) is 25.8 Å². The number of nitrogens with zero attached hydrogens (tertiary/aromatic N) is 2. The molecule has 1 saturated heterocycles. The Kier molecular flexibility index (Phi) is 27.2. The molecule has 1 unspecified atom stereocenters. The molecule has 9 nitrogen and oxygen atoms in total. The fourth-order valence-electron chi connectivity index (χ4n) is 4.99. The average molecular weight is 666 g/mol. The molecule has 1 aliphatic heterocycles. The van der Waals surface area contributed by atoms with Crippen LogP contribution in [0.4, 0.5) is 0 Å². The van der Waals surface area contributed by atoms with Gasteiger partial charge >= 0.3 is 5.97 Å². The highest BCUT2D eigenvalue weighted by atomic mass is 16.5. The van der Waals surface area contributed by atoms with E-state index in [0.29, 0.717) is 32.5 Å². The van der Waals surface area contributed by atoms with Crippen LogP contribution < -0.4 is 16.0 Å². The predicted molar refractivity (Wildman–Crippen MR) is 200 cm³/mol. The van der Waals surface area contributed by atoms with E-state index >= 15 is 0 Å². The highest BCUT2D eigenvalue weighted by Gasteiger charge is 2.14. The van der Waals surface area contributed by atoms with Crippen LogP contribution in [0.1, 0.15) is 71.6 Å². The van der Waals surface area contributed by atoms with Crippen LogP contribution in [-0.4, -0.2) is 99.6 Å². The zero-order valence-electron chi connectivity index (χ0n) is 29.9. The summed E-state index contributed by atoms with van der Waals surface area (Å²) >= 11 is 0. The molecule has 1 aliphatic rings.